The Kier molecular flexibility index (Phi) is 6.50. The number of para-hydroxylation sites is 1. The Hall–Kier alpha value is -3.13. The summed E-state index contributed by atoms with van der Waals surface area (Å²) < 4.78 is 41.1. The fourth-order valence-corrected chi connectivity index (χ4v) is 2.92. The van der Waals surface area contributed by atoms with E-state index in [-0.39, 0.29) is 23.8 Å². The Bertz CT molecular complexity index is 1000. The first-order chi connectivity index (χ1) is 14.6. The molecule has 0 unspecified atom stereocenters. The summed E-state index contributed by atoms with van der Waals surface area (Å²) in [6, 6.07) is 16.1. The Balaban J connectivity index is 2.00. The van der Waals surface area contributed by atoms with Crippen LogP contribution in [0, 0.1) is 0 Å². The van der Waals surface area contributed by atoms with Gasteiger partial charge in [0.25, 0.3) is 0 Å². The molecule has 1 N–H and O–H groups in total. The summed E-state index contributed by atoms with van der Waals surface area (Å²) in [5.41, 5.74) is 1.23. The number of halogens is 3. The fraction of sp³-hybridized carbons (Fsp3) is 0.304. The average molecular weight is 430 g/mol. The van der Waals surface area contributed by atoms with Gasteiger partial charge in [0.15, 0.2) is 5.82 Å². The van der Waals surface area contributed by atoms with Gasteiger partial charge in [-0.2, -0.15) is 18.2 Å². The number of hydrogen-bond acceptors (Lipinski definition) is 5. The predicted molar refractivity (Wildman–Crippen MR) is 116 cm³/mol. The molecule has 0 aliphatic carbocycles. The quantitative estimate of drug-likeness (QED) is 0.445. The molecule has 0 atom stereocenters. The molecule has 31 heavy (non-hydrogen) atoms. The first kappa shape index (κ1) is 22.6. The predicted octanol–water partition coefficient (Wildman–Crippen LogP) is 6.63. The highest BCUT2D eigenvalue weighted by Gasteiger charge is 2.37. The summed E-state index contributed by atoms with van der Waals surface area (Å²) >= 11 is 0. The maximum atomic E-state index is 13.7. The van der Waals surface area contributed by atoms with Gasteiger partial charge in [0.05, 0.1) is 12.3 Å². The zero-order valence-electron chi connectivity index (χ0n) is 17.9. The van der Waals surface area contributed by atoms with Crippen LogP contribution in [0.3, 0.4) is 0 Å². The molecule has 0 bridgehead atoms. The van der Waals surface area contributed by atoms with Gasteiger partial charge in [0.1, 0.15) is 5.56 Å². The minimum absolute atomic E-state index is 0.00969. The summed E-state index contributed by atoms with van der Waals surface area (Å²) in [4.78, 5) is 13.6. The molecule has 3 rings (SSSR count). The molecular weight excluding hydrogens is 405 g/mol. The van der Waals surface area contributed by atoms with Crippen LogP contribution in [0.15, 0.2) is 60.8 Å². The van der Waals surface area contributed by atoms with Crippen molar-refractivity contribution in [2.75, 3.05) is 17.0 Å². The molecule has 8 heteroatoms. The molecule has 3 aromatic rings. The van der Waals surface area contributed by atoms with Crippen LogP contribution < -0.4 is 10.4 Å². The molecule has 0 spiro atoms. The van der Waals surface area contributed by atoms with Gasteiger partial charge in [-0.3, -0.25) is 4.84 Å². The third-order valence-electron chi connectivity index (χ3n) is 4.52. The van der Waals surface area contributed by atoms with Gasteiger partial charge in [0.2, 0.25) is 5.95 Å². The monoisotopic (exact) mass is 430 g/mol. The molecule has 0 fully saturated rings. The van der Waals surface area contributed by atoms with Crippen molar-refractivity contribution in [2.24, 2.45) is 0 Å². The largest absolute Gasteiger partial charge is 0.421 e. The van der Waals surface area contributed by atoms with E-state index in [4.69, 9.17) is 4.84 Å². The van der Waals surface area contributed by atoms with Gasteiger partial charge in [-0.1, -0.05) is 51.1 Å². The smallest absolute Gasteiger partial charge is 0.324 e. The molecule has 164 valence electrons. The Morgan fingerprint density at radius 1 is 0.968 bits per heavy atom. The van der Waals surface area contributed by atoms with Crippen LogP contribution in [-0.2, 0) is 16.4 Å². The van der Waals surface area contributed by atoms with Crippen molar-refractivity contribution >= 4 is 23.1 Å². The topological polar surface area (TPSA) is 50.3 Å². The fourth-order valence-electron chi connectivity index (χ4n) is 2.92. The summed E-state index contributed by atoms with van der Waals surface area (Å²) in [5.74, 6) is -0.350. The number of hydrogen-bond donors (Lipinski definition) is 1. The van der Waals surface area contributed by atoms with E-state index in [9.17, 15) is 13.2 Å². The molecule has 1 aromatic heterocycles. The van der Waals surface area contributed by atoms with Gasteiger partial charge in [-0.15, -0.1) is 0 Å². The number of aromatic nitrogens is 2. The molecule has 2 aromatic carbocycles. The minimum Gasteiger partial charge on any atom is -0.324 e. The third-order valence-corrected chi connectivity index (χ3v) is 4.52. The van der Waals surface area contributed by atoms with E-state index in [1.165, 1.54) is 0 Å². The molecule has 0 saturated carbocycles. The normalized spacial score (nSPS) is 12.0. The summed E-state index contributed by atoms with van der Waals surface area (Å²) in [6.07, 6.45) is -3.88. The number of rotatable bonds is 6. The number of nitrogens with zero attached hydrogens (tertiary/aromatic N) is 3. The van der Waals surface area contributed by atoms with Crippen LogP contribution >= 0.6 is 0 Å². The summed E-state index contributed by atoms with van der Waals surface area (Å²) in [7, 11) is 0. The SMILES string of the molecule is CCON(c1ccccc1)c1nc(Nc2ccc(C(C)(C)C)cc2)ncc1C(F)(F)F. The van der Waals surface area contributed by atoms with Crippen molar-refractivity contribution in [1.29, 1.82) is 0 Å². The second kappa shape index (κ2) is 8.93. The van der Waals surface area contributed by atoms with E-state index >= 15 is 0 Å². The van der Waals surface area contributed by atoms with Gasteiger partial charge in [-0.05, 0) is 42.2 Å². The Morgan fingerprint density at radius 3 is 2.16 bits per heavy atom. The van der Waals surface area contributed by atoms with Crippen molar-refractivity contribution in [3.8, 4) is 0 Å². The molecule has 0 aliphatic heterocycles. The third kappa shape index (κ3) is 5.52. The molecule has 0 saturated heterocycles. The van der Waals surface area contributed by atoms with Gasteiger partial charge < -0.3 is 5.32 Å². The first-order valence-electron chi connectivity index (χ1n) is 9.89. The van der Waals surface area contributed by atoms with Crippen LogP contribution in [-0.4, -0.2) is 16.6 Å². The van der Waals surface area contributed by atoms with Crippen molar-refractivity contribution in [2.45, 2.75) is 39.3 Å². The number of alkyl halides is 3. The zero-order valence-corrected chi connectivity index (χ0v) is 17.9. The van der Waals surface area contributed by atoms with Crippen LogP contribution in [0.4, 0.5) is 36.3 Å². The lowest BCUT2D eigenvalue weighted by Crippen LogP contribution is -2.23. The standard InChI is InChI=1S/C23H25F3N4O/c1-5-31-30(18-9-7-6-8-10-18)20-19(23(24,25)26)15-27-21(29-20)28-17-13-11-16(12-14-17)22(2,3)4/h6-15H,5H2,1-4H3,(H,27,28,29). The zero-order chi connectivity index (χ0) is 22.6. The molecular formula is C23H25F3N4O. The Morgan fingerprint density at radius 2 is 1.61 bits per heavy atom. The highest BCUT2D eigenvalue weighted by molar-refractivity contribution is 5.63. The van der Waals surface area contributed by atoms with E-state index in [0.29, 0.717) is 11.4 Å². The van der Waals surface area contributed by atoms with Crippen LogP contribution in [0.1, 0.15) is 38.8 Å². The summed E-state index contributed by atoms with van der Waals surface area (Å²) in [5, 5.41) is 4.06. The van der Waals surface area contributed by atoms with E-state index in [1.807, 2.05) is 24.3 Å². The van der Waals surface area contributed by atoms with E-state index in [2.05, 4.69) is 36.1 Å². The lowest BCUT2D eigenvalue weighted by molar-refractivity contribution is -0.138. The van der Waals surface area contributed by atoms with Gasteiger partial charge >= 0.3 is 6.18 Å². The van der Waals surface area contributed by atoms with Gasteiger partial charge in [0, 0.05) is 11.9 Å². The number of nitrogens with one attached hydrogen (secondary N) is 1. The number of anilines is 4. The molecule has 0 radical (unpaired) electrons. The second-order valence-electron chi connectivity index (χ2n) is 7.93. The van der Waals surface area contributed by atoms with Crippen molar-refractivity contribution in [3.05, 3.63) is 71.9 Å². The van der Waals surface area contributed by atoms with Crippen molar-refractivity contribution in [3.63, 3.8) is 0 Å². The van der Waals surface area contributed by atoms with Crippen LogP contribution in [0.2, 0.25) is 0 Å². The first-order valence-corrected chi connectivity index (χ1v) is 9.89. The molecule has 1 heterocycles. The van der Waals surface area contributed by atoms with E-state index in [0.717, 1.165) is 16.8 Å². The highest BCUT2D eigenvalue weighted by atomic mass is 19.4. The minimum atomic E-state index is -4.65. The lowest BCUT2D eigenvalue weighted by atomic mass is 9.87. The van der Waals surface area contributed by atoms with E-state index < -0.39 is 11.7 Å². The van der Waals surface area contributed by atoms with Crippen LogP contribution in [0.5, 0.6) is 0 Å². The van der Waals surface area contributed by atoms with Crippen molar-refractivity contribution < 1.29 is 18.0 Å². The molecule has 0 amide bonds. The lowest BCUT2D eigenvalue weighted by Gasteiger charge is -2.25. The Labute approximate surface area is 179 Å². The van der Waals surface area contributed by atoms with Crippen LogP contribution in [0.25, 0.3) is 0 Å². The maximum absolute atomic E-state index is 13.7. The second-order valence-corrected chi connectivity index (χ2v) is 7.93. The summed E-state index contributed by atoms with van der Waals surface area (Å²) in [6.45, 7) is 8.17. The van der Waals surface area contributed by atoms with E-state index in [1.54, 1.807) is 37.3 Å². The molecule has 0 aliphatic rings. The number of benzene rings is 2. The average Bonchev–Trinajstić information content (AvgIpc) is 2.71. The van der Waals surface area contributed by atoms with Gasteiger partial charge in [-0.25, -0.2) is 10.0 Å². The maximum Gasteiger partial charge on any atom is 0.421 e. The molecule has 5 nitrogen and oxygen atoms in total. The van der Waals surface area contributed by atoms with Crippen molar-refractivity contribution in [1.82, 2.24) is 9.97 Å². The highest BCUT2D eigenvalue weighted by Crippen LogP contribution is 2.38.